The molecule has 4 N–H and O–H groups in total. The van der Waals surface area contributed by atoms with Crippen LogP contribution in [0.25, 0.3) is 33.2 Å². The van der Waals surface area contributed by atoms with Crippen LogP contribution in [0.1, 0.15) is 10.4 Å². The molecule has 0 saturated carbocycles. The van der Waals surface area contributed by atoms with Crippen LogP contribution in [-0.2, 0) is 0 Å². The molecule has 0 aliphatic rings. The van der Waals surface area contributed by atoms with Gasteiger partial charge in [0, 0.05) is 45.3 Å². The van der Waals surface area contributed by atoms with Gasteiger partial charge in [-0.25, -0.2) is 0 Å². The molecule has 0 aliphatic heterocycles. The third-order valence-electron chi connectivity index (χ3n) is 6.08. The van der Waals surface area contributed by atoms with Crippen LogP contribution in [-0.4, -0.2) is 10.9 Å². The van der Waals surface area contributed by atoms with Crippen molar-refractivity contribution in [1.29, 1.82) is 0 Å². The fourth-order valence-corrected chi connectivity index (χ4v) is 4.31. The Labute approximate surface area is 207 Å². The van der Waals surface area contributed by atoms with Gasteiger partial charge in [-0.2, -0.15) is 0 Å². The number of hydrogen-bond donors (Lipinski definition) is 3. The van der Waals surface area contributed by atoms with Gasteiger partial charge in [0.25, 0.3) is 5.91 Å². The van der Waals surface area contributed by atoms with Gasteiger partial charge >= 0.3 is 0 Å². The van der Waals surface area contributed by atoms with Gasteiger partial charge < -0.3 is 20.8 Å². The van der Waals surface area contributed by atoms with E-state index in [1.165, 1.54) is 0 Å². The minimum absolute atomic E-state index is 0.243. The Hall–Kier alpha value is -5.10. The van der Waals surface area contributed by atoms with E-state index in [9.17, 15) is 4.79 Å². The Morgan fingerprint density at radius 2 is 1.50 bits per heavy atom. The van der Waals surface area contributed by atoms with Crippen LogP contribution < -0.4 is 16.4 Å². The van der Waals surface area contributed by atoms with Crippen molar-refractivity contribution in [2.75, 3.05) is 16.4 Å². The number of benzene rings is 4. The number of nitrogen functional groups attached to an aromatic ring is 1. The van der Waals surface area contributed by atoms with Crippen LogP contribution >= 0.6 is 0 Å². The van der Waals surface area contributed by atoms with Gasteiger partial charge in [-0.15, -0.1) is 0 Å². The van der Waals surface area contributed by atoms with Crippen molar-refractivity contribution >= 4 is 50.6 Å². The second kappa shape index (κ2) is 8.92. The van der Waals surface area contributed by atoms with Crippen molar-refractivity contribution in [1.82, 2.24) is 4.98 Å². The topological polar surface area (TPSA) is 93.2 Å². The lowest BCUT2D eigenvalue weighted by Crippen LogP contribution is -2.13. The van der Waals surface area contributed by atoms with Crippen molar-refractivity contribution in [3.63, 3.8) is 0 Å². The Kier molecular flexibility index (Phi) is 5.31. The minimum atomic E-state index is -0.243. The summed E-state index contributed by atoms with van der Waals surface area (Å²) < 4.78 is 6.18. The molecule has 0 aliphatic carbocycles. The fourth-order valence-electron chi connectivity index (χ4n) is 4.31. The van der Waals surface area contributed by atoms with Crippen LogP contribution in [0.15, 0.2) is 114 Å². The largest absolute Gasteiger partial charge is 0.455 e. The summed E-state index contributed by atoms with van der Waals surface area (Å²) in [5, 5.41) is 8.44. The molecule has 0 bridgehead atoms. The van der Waals surface area contributed by atoms with Gasteiger partial charge in [-0.1, -0.05) is 42.5 Å². The van der Waals surface area contributed by atoms with Crippen molar-refractivity contribution in [2.45, 2.75) is 0 Å². The number of aromatic nitrogens is 1. The lowest BCUT2D eigenvalue weighted by atomic mass is 10.1. The van der Waals surface area contributed by atoms with Crippen molar-refractivity contribution in [3.8, 4) is 11.3 Å². The average Bonchev–Trinajstić information content (AvgIpc) is 3.29. The zero-order chi connectivity index (χ0) is 24.5. The van der Waals surface area contributed by atoms with E-state index in [1.807, 2.05) is 66.7 Å². The SMILES string of the molecule is Nc1ccccc1C(=O)Nc1ccc(Nc2ccnc(-c3cccc4c3oc3ccccc34)c2)cc1. The van der Waals surface area contributed by atoms with Crippen LogP contribution in [0.4, 0.5) is 22.7 Å². The molecule has 174 valence electrons. The van der Waals surface area contributed by atoms with Gasteiger partial charge in [-0.3, -0.25) is 9.78 Å². The highest BCUT2D eigenvalue weighted by Gasteiger charge is 2.13. The summed E-state index contributed by atoms with van der Waals surface area (Å²) in [4.78, 5) is 17.1. The molecule has 6 heteroatoms. The number of nitrogens with one attached hydrogen (secondary N) is 2. The van der Waals surface area contributed by atoms with E-state index in [2.05, 4.69) is 27.8 Å². The van der Waals surface area contributed by atoms with E-state index in [0.717, 1.165) is 44.6 Å². The van der Waals surface area contributed by atoms with Crippen molar-refractivity contribution in [3.05, 3.63) is 115 Å². The van der Waals surface area contributed by atoms with Gasteiger partial charge in [-0.05, 0) is 60.7 Å². The number of nitrogens with two attached hydrogens (primary N) is 1. The van der Waals surface area contributed by atoms with Crippen molar-refractivity contribution in [2.24, 2.45) is 0 Å². The molecule has 0 spiro atoms. The predicted molar refractivity (Wildman–Crippen MR) is 145 cm³/mol. The highest BCUT2D eigenvalue weighted by molar-refractivity contribution is 6.09. The molecule has 0 atom stereocenters. The Bertz CT molecular complexity index is 1720. The number of anilines is 4. The quantitative estimate of drug-likeness (QED) is 0.231. The summed E-state index contributed by atoms with van der Waals surface area (Å²) in [5.41, 5.74) is 12.7. The van der Waals surface area contributed by atoms with E-state index in [-0.39, 0.29) is 5.91 Å². The molecular weight excluding hydrogens is 448 g/mol. The zero-order valence-electron chi connectivity index (χ0n) is 19.2. The summed E-state index contributed by atoms with van der Waals surface area (Å²) in [6.45, 7) is 0. The first-order chi connectivity index (χ1) is 17.7. The number of pyridine rings is 1. The number of fused-ring (bicyclic) bond motifs is 3. The lowest BCUT2D eigenvalue weighted by Gasteiger charge is -2.11. The molecule has 6 nitrogen and oxygen atoms in total. The van der Waals surface area contributed by atoms with E-state index < -0.39 is 0 Å². The Morgan fingerprint density at radius 1 is 0.750 bits per heavy atom. The standard InChI is InChI=1S/C30H22N4O2/c31-26-10-3-1-7-24(26)30(35)34-20-14-12-19(13-15-20)33-21-16-17-32-27(18-21)25-9-5-8-23-22-6-2-4-11-28(22)36-29(23)25/h1-18H,31H2,(H,32,33)(H,34,35). The minimum Gasteiger partial charge on any atom is -0.455 e. The Balaban J connectivity index is 1.23. The molecule has 0 saturated heterocycles. The number of amides is 1. The molecule has 36 heavy (non-hydrogen) atoms. The number of carbonyl (C=O) groups is 1. The highest BCUT2D eigenvalue weighted by Crippen LogP contribution is 2.35. The number of hydrogen-bond acceptors (Lipinski definition) is 5. The third-order valence-corrected chi connectivity index (χ3v) is 6.08. The zero-order valence-corrected chi connectivity index (χ0v) is 19.2. The van der Waals surface area contributed by atoms with Crippen LogP contribution in [0, 0.1) is 0 Å². The monoisotopic (exact) mass is 470 g/mol. The first kappa shape index (κ1) is 21.4. The normalized spacial score (nSPS) is 11.0. The summed E-state index contributed by atoms with van der Waals surface area (Å²) >= 11 is 0. The van der Waals surface area contributed by atoms with Gasteiger partial charge in [0.05, 0.1) is 11.3 Å². The summed E-state index contributed by atoms with van der Waals surface area (Å²) in [7, 11) is 0. The Morgan fingerprint density at radius 3 is 2.36 bits per heavy atom. The third kappa shape index (κ3) is 4.01. The van der Waals surface area contributed by atoms with Crippen molar-refractivity contribution < 1.29 is 9.21 Å². The van der Waals surface area contributed by atoms with E-state index in [4.69, 9.17) is 10.2 Å². The van der Waals surface area contributed by atoms with E-state index in [0.29, 0.717) is 16.9 Å². The highest BCUT2D eigenvalue weighted by atomic mass is 16.3. The van der Waals surface area contributed by atoms with E-state index in [1.54, 1.807) is 30.5 Å². The second-order valence-corrected chi connectivity index (χ2v) is 8.45. The maximum absolute atomic E-state index is 12.5. The molecule has 1 amide bonds. The fraction of sp³-hybridized carbons (Fsp3) is 0. The van der Waals surface area contributed by atoms with Crippen LogP contribution in [0.5, 0.6) is 0 Å². The number of rotatable bonds is 5. The molecular formula is C30H22N4O2. The van der Waals surface area contributed by atoms with Gasteiger partial charge in [0.1, 0.15) is 11.2 Å². The van der Waals surface area contributed by atoms with Gasteiger partial charge in [0.2, 0.25) is 0 Å². The smallest absolute Gasteiger partial charge is 0.257 e. The summed E-state index contributed by atoms with van der Waals surface area (Å²) in [5.74, 6) is -0.243. The molecule has 2 heterocycles. The second-order valence-electron chi connectivity index (χ2n) is 8.45. The predicted octanol–water partition coefficient (Wildman–Crippen LogP) is 7.23. The maximum Gasteiger partial charge on any atom is 0.257 e. The molecule has 6 rings (SSSR count). The molecule has 0 radical (unpaired) electrons. The molecule has 0 fully saturated rings. The number of furan rings is 1. The first-order valence-corrected chi connectivity index (χ1v) is 11.6. The number of para-hydroxylation sites is 3. The molecule has 0 unspecified atom stereocenters. The van der Waals surface area contributed by atoms with Gasteiger partial charge in [0.15, 0.2) is 0 Å². The average molecular weight is 471 g/mol. The summed E-state index contributed by atoms with van der Waals surface area (Å²) in [6, 6.07) is 32.6. The lowest BCUT2D eigenvalue weighted by molar-refractivity contribution is 0.102. The summed E-state index contributed by atoms with van der Waals surface area (Å²) in [6.07, 6.45) is 1.78. The van der Waals surface area contributed by atoms with Crippen LogP contribution in [0.3, 0.4) is 0 Å². The van der Waals surface area contributed by atoms with E-state index >= 15 is 0 Å². The molecule has 4 aromatic carbocycles. The first-order valence-electron chi connectivity index (χ1n) is 11.6. The number of nitrogens with zero attached hydrogens (tertiary/aromatic N) is 1. The number of carbonyl (C=O) groups excluding carboxylic acids is 1. The van der Waals surface area contributed by atoms with Crippen LogP contribution in [0.2, 0.25) is 0 Å². The molecule has 6 aromatic rings. The molecule has 2 aromatic heterocycles. The maximum atomic E-state index is 12.5.